The van der Waals surface area contributed by atoms with Crippen molar-refractivity contribution in [1.29, 1.82) is 0 Å². The second-order valence-electron chi connectivity index (χ2n) is 13.6. The molecule has 0 atom stereocenters. The lowest BCUT2D eigenvalue weighted by Crippen LogP contribution is -2.00. The molecule has 0 fully saturated rings. The summed E-state index contributed by atoms with van der Waals surface area (Å²) in [6.45, 7) is 0. The summed E-state index contributed by atoms with van der Waals surface area (Å²) in [7, 11) is 0. The number of furan rings is 1. The number of aromatic nitrogens is 3. The van der Waals surface area contributed by atoms with Crippen molar-refractivity contribution >= 4 is 21.9 Å². The SMILES string of the molecule is c1ccc(-c2cc(-c3ccccc3)cc(-c3cc(-c4cccc(-c5nc(-c6ccccc6)nc(-c6ccccc6)n5)c4)cc4oc5ccccc5c34)c2)cc1. The van der Waals surface area contributed by atoms with E-state index in [0.29, 0.717) is 17.5 Å². The first-order chi connectivity index (χ1) is 27.2. The summed E-state index contributed by atoms with van der Waals surface area (Å²) in [5, 5.41) is 2.18. The van der Waals surface area contributed by atoms with E-state index in [4.69, 9.17) is 19.4 Å². The highest BCUT2D eigenvalue weighted by Crippen LogP contribution is 2.43. The van der Waals surface area contributed by atoms with E-state index >= 15 is 0 Å². The maximum atomic E-state index is 6.62. The van der Waals surface area contributed by atoms with Crippen LogP contribution in [0.2, 0.25) is 0 Å². The first-order valence-corrected chi connectivity index (χ1v) is 18.4. The Balaban J connectivity index is 1.17. The molecule has 0 unspecified atom stereocenters. The minimum absolute atomic E-state index is 0.614. The Morgan fingerprint density at radius 3 is 1.27 bits per heavy atom. The minimum Gasteiger partial charge on any atom is -0.456 e. The molecule has 2 aromatic heterocycles. The molecule has 0 aliphatic carbocycles. The van der Waals surface area contributed by atoms with Gasteiger partial charge in [-0.25, -0.2) is 15.0 Å². The van der Waals surface area contributed by atoms with Gasteiger partial charge in [0.25, 0.3) is 0 Å². The van der Waals surface area contributed by atoms with Gasteiger partial charge in [-0.2, -0.15) is 0 Å². The van der Waals surface area contributed by atoms with Gasteiger partial charge in [-0.15, -0.1) is 0 Å². The molecule has 4 heteroatoms. The zero-order valence-electron chi connectivity index (χ0n) is 29.8. The quantitative estimate of drug-likeness (QED) is 0.166. The van der Waals surface area contributed by atoms with Crippen LogP contribution in [-0.4, -0.2) is 15.0 Å². The van der Waals surface area contributed by atoms with E-state index in [1.54, 1.807) is 0 Å². The monoisotopic (exact) mass is 703 g/mol. The standard InChI is InChI=1S/C51H33N3O/c1-5-16-34(17-6-1)40-29-41(35-18-7-2-8-19-35)31-43(30-40)45-32-42(33-47-48(45)44-26-13-14-27-46(44)55-47)38-24-15-25-39(28-38)51-53-49(36-20-9-3-10-21-36)52-50(54-51)37-22-11-4-12-23-37/h1-33H. The Bertz CT molecular complexity index is 2840. The molecule has 10 rings (SSSR count). The molecular weight excluding hydrogens is 671 g/mol. The molecule has 0 N–H and O–H groups in total. The van der Waals surface area contributed by atoms with Crippen molar-refractivity contribution in [3.8, 4) is 78.7 Å². The Morgan fingerprint density at radius 1 is 0.273 bits per heavy atom. The number of nitrogens with zero attached hydrogens (tertiary/aromatic N) is 3. The smallest absolute Gasteiger partial charge is 0.164 e. The summed E-state index contributed by atoms with van der Waals surface area (Å²) < 4.78 is 6.62. The van der Waals surface area contributed by atoms with Gasteiger partial charge in [0.2, 0.25) is 0 Å². The topological polar surface area (TPSA) is 51.8 Å². The number of para-hydroxylation sites is 1. The van der Waals surface area contributed by atoms with Crippen LogP contribution in [0.15, 0.2) is 205 Å². The van der Waals surface area contributed by atoms with E-state index in [2.05, 4.69) is 127 Å². The van der Waals surface area contributed by atoms with Crippen molar-refractivity contribution in [3.05, 3.63) is 200 Å². The molecular formula is C51H33N3O. The van der Waals surface area contributed by atoms with Crippen molar-refractivity contribution in [2.75, 3.05) is 0 Å². The van der Waals surface area contributed by atoms with E-state index in [1.807, 2.05) is 72.8 Å². The minimum atomic E-state index is 0.614. The Hall–Kier alpha value is -7.43. The molecule has 0 spiro atoms. The van der Waals surface area contributed by atoms with Crippen LogP contribution in [0.4, 0.5) is 0 Å². The third-order valence-corrected chi connectivity index (χ3v) is 10.1. The van der Waals surface area contributed by atoms with Crippen LogP contribution in [0.25, 0.3) is 101 Å². The number of fused-ring (bicyclic) bond motifs is 3. The van der Waals surface area contributed by atoms with Crippen molar-refractivity contribution < 1.29 is 4.42 Å². The highest BCUT2D eigenvalue weighted by Gasteiger charge is 2.18. The molecule has 8 aromatic carbocycles. The van der Waals surface area contributed by atoms with Gasteiger partial charge in [-0.1, -0.05) is 158 Å². The predicted molar refractivity (Wildman–Crippen MR) is 225 cm³/mol. The third-order valence-electron chi connectivity index (χ3n) is 10.1. The van der Waals surface area contributed by atoms with E-state index < -0.39 is 0 Å². The van der Waals surface area contributed by atoms with Gasteiger partial charge in [-0.3, -0.25) is 0 Å². The summed E-state index contributed by atoms with van der Waals surface area (Å²) in [5.74, 6) is 1.88. The average Bonchev–Trinajstić information content (AvgIpc) is 3.66. The van der Waals surface area contributed by atoms with Gasteiger partial charge in [0.05, 0.1) is 0 Å². The molecule has 0 bridgehead atoms. The molecule has 0 amide bonds. The summed E-state index contributed by atoms with van der Waals surface area (Å²) in [4.78, 5) is 14.9. The molecule has 2 heterocycles. The van der Waals surface area contributed by atoms with Crippen molar-refractivity contribution in [2.45, 2.75) is 0 Å². The number of hydrogen-bond donors (Lipinski definition) is 0. The van der Waals surface area contributed by atoms with Crippen LogP contribution >= 0.6 is 0 Å². The van der Waals surface area contributed by atoms with Gasteiger partial charge < -0.3 is 4.42 Å². The summed E-state index contributed by atoms with van der Waals surface area (Å²) in [6.07, 6.45) is 0. The van der Waals surface area contributed by atoms with E-state index in [0.717, 1.165) is 72.0 Å². The first-order valence-electron chi connectivity index (χ1n) is 18.4. The van der Waals surface area contributed by atoms with Crippen molar-refractivity contribution in [3.63, 3.8) is 0 Å². The fourth-order valence-corrected chi connectivity index (χ4v) is 7.40. The van der Waals surface area contributed by atoms with Crippen LogP contribution in [0.5, 0.6) is 0 Å². The maximum absolute atomic E-state index is 6.62. The fourth-order valence-electron chi connectivity index (χ4n) is 7.40. The molecule has 4 nitrogen and oxygen atoms in total. The highest BCUT2D eigenvalue weighted by molar-refractivity contribution is 6.14. The second kappa shape index (κ2) is 13.8. The predicted octanol–water partition coefficient (Wildman–Crippen LogP) is 13.4. The van der Waals surface area contributed by atoms with Gasteiger partial charge in [0.15, 0.2) is 17.5 Å². The molecule has 0 saturated heterocycles. The fraction of sp³-hybridized carbons (Fsp3) is 0. The lowest BCUT2D eigenvalue weighted by Gasteiger charge is -2.14. The normalized spacial score (nSPS) is 11.3. The van der Waals surface area contributed by atoms with Gasteiger partial charge in [0.1, 0.15) is 11.2 Å². The largest absolute Gasteiger partial charge is 0.456 e. The van der Waals surface area contributed by atoms with Crippen LogP contribution in [0, 0.1) is 0 Å². The zero-order valence-corrected chi connectivity index (χ0v) is 29.8. The van der Waals surface area contributed by atoms with Gasteiger partial charge in [0, 0.05) is 27.5 Å². The number of benzene rings is 8. The first kappa shape index (κ1) is 32.2. The highest BCUT2D eigenvalue weighted by atomic mass is 16.3. The Labute approximate surface area is 319 Å². The van der Waals surface area contributed by atoms with Gasteiger partial charge >= 0.3 is 0 Å². The van der Waals surface area contributed by atoms with E-state index in [-0.39, 0.29) is 0 Å². The molecule has 0 saturated carbocycles. The maximum Gasteiger partial charge on any atom is 0.164 e. The van der Waals surface area contributed by atoms with E-state index in [1.165, 1.54) is 11.1 Å². The van der Waals surface area contributed by atoms with Crippen LogP contribution in [-0.2, 0) is 0 Å². The lowest BCUT2D eigenvalue weighted by molar-refractivity contribution is 0.669. The Morgan fingerprint density at radius 2 is 0.691 bits per heavy atom. The van der Waals surface area contributed by atoms with Crippen LogP contribution in [0.1, 0.15) is 0 Å². The molecule has 10 aromatic rings. The Kier molecular flexibility index (Phi) is 8.12. The van der Waals surface area contributed by atoms with Crippen LogP contribution in [0.3, 0.4) is 0 Å². The van der Waals surface area contributed by atoms with E-state index in [9.17, 15) is 0 Å². The zero-order chi connectivity index (χ0) is 36.6. The molecule has 258 valence electrons. The summed E-state index contributed by atoms with van der Waals surface area (Å²) >= 11 is 0. The molecule has 55 heavy (non-hydrogen) atoms. The summed E-state index contributed by atoms with van der Waals surface area (Å²) in [6, 6.07) is 69.5. The second-order valence-corrected chi connectivity index (χ2v) is 13.6. The number of hydrogen-bond acceptors (Lipinski definition) is 4. The molecule has 0 aliphatic heterocycles. The lowest BCUT2D eigenvalue weighted by atomic mass is 9.89. The molecule has 0 aliphatic rings. The van der Waals surface area contributed by atoms with Crippen molar-refractivity contribution in [1.82, 2.24) is 15.0 Å². The van der Waals surface area contributed by atoms with Crippen LogP contribution < -0.4 is 0 Å². The van der Waals surface area contributed by atoms with Gasteiger partial charge in [-0.05, 0) is 87.0 Å². The average molecular weight is 704 g/mol. The van der Waals surface area contributed by atoms with Crippen molar-refractivity contribution in [2.24, 2.45) is 0 Å². The summed E-state index contributed by atoms with van der Waals surface area (Å²) in [5.41, 5.74) is 13.4. The number of rotatable bonds is 7. The molecule has 0 radical (unpaired) electrons. The third kappa shape index (κ3) is 6.26.